The van der Waals surface area contributed by atoms with Crippen molar-refractivity contribution in [1.82, 2.24) is 9.47 Å². The average Bonchev–Trinajstić information content (AvgIpc) is 2.68. The number of nitrogens with zero attached hydrogens (tertiary/aromatic N) is 2. The van der Waals surface area contributed by atoms with Crippen LogP contribution in [0.15, 0.2) is 12.2 Å². The Balaban J connectivity index is 2.04. The molecule has 4 nitrogen and oxygen atoms in total. The van der Waals surface area contributed by atoms with Gasteiger partial charge in [0.15, 0.2) is 11.8 Å². The Morgan fingerprint density at radius 2 is 1.32 bits per heavy atom. The van der Waals surface area contributed by atoms with Crippen LogP contribution < -0.4 is 0 Å². The first-order chi connectivity index (χ1) is 10.1. The second kappa shape index (κ2) is 4.79. The lowest BCUT2D eigenvalue weighted by atomic mass is 9.77. The molecule has 1 saturated heterocycles. The summed E-state index contributed by atoms with van der Waals surface area (Å²) in [7, 11) is 2.17. The van der Waals surface area contributed by atoms with Crippen molar-refractivity contribution >= 4 is 0 Å². The highest BCUT2D eigenvalue weighted by atomic mass is 16.3. The molecule has 122 valence electrons. The van der Waals surface area contributed by atoms with Crippen molar-refractivity contribution in [3.8, 4) is 11.8 Å². The summed E-state index contributed by atoms with van der Waals surface area (Å²) < 4.78 is 1.79. The Hall–Kier alpha value is -1.42. The van der Waals surface area contributed by atoms with Gasteiger partial charge in [0.2, 0.25) is 0 Å². The van der Waals surface area contributed by atoms with E-state index in [1.54, 1.807) is 4.57 Å². The third kappa shape index (κ3) is 2.16. The molecule has 0 radical (unpaired) electrons. The number of rotatable bonds is 1. The van der Waals surface area contributed by atoms with Crippen molar-refractivity contribution in [2.75, 3.05) is 7.05 Å². The van der Waals surface area contributed by atoms with Gasteiger partial charge in [0.05, 0.1) is 0 Å². The second-order valence-corrected chi connectivity index (χ2v) is 8.10. The first kappa shape index (κ1) is 15.5. The van der Waals surface area contributed by atoms with E-state index in [1.165, 1.54) is 0 Å². The lowest BCUT2D eigenvalue weighted by Crippen LogP contribution is -2.58. The number of likely N-dealkylation sites (tertiary alicyclic amines) is 1. The molecule has 1 aromatic heterocycles. The van der Waals surface area contributed by atoms with E-state index in [9.17, 15) is 10.2 Å². The van der Waals surface area contributed by atoms with Gasteiger partial charge >= 0.3 is 0 Å². The number of piperidine rings is 1. The van der Waals surface area contributed by atoms with E-state index >= 15 is 0 Å². The van der Waals surface area contributed by atoms with Gasteiger partial charge in [-0.1, -0.05) is 12.2 Å². The molecule has 4 heteroatoms. The predicted octanol–water partition coefficient (Wildman–Crippen LogP) is 3.38. The highest BCUT2D eigenvalue weighted by Gasteiger charge is 2.45. The molecule has 2 heterocycles. The quantitative estimate of drug-likeness (QED) is 0.782. The van der Waals surface area contributed by atoms with E-state index in [0.717, 1.165) is 24.0 Å². The molecule has 22 heavy (non-hydrogen) atoms. The Kier molecular flexibility index (Phi) is 3.37. The summed E-state index contributed by atoms with van der Waals surface area (Å²) in [6, 6.07) is 0.117. The molecule has 0 saturated carbocycles. The minimum absolute atomic E-state index is 0.0221. The number of fused-ring (bicyclic) bond motifs is 1. The standard InChI is InChI=1S/C18H28N2O2/c1-17(2)10-12(11-18(3,4)19(17)5)20-15(21)13-8-6-7-9-14(13)16(20)22/h6-7,12,21-22H,8-11H2,1-5H3. The van der Waals surface area contributed by atoms with Gasteiger partial charge in [-0.15, -0.1) is 0 Å². The normalized spacial score (nSPS) is 24.4. The summed E-state index contributed by atoms with van der Waals surface area (Å²) in [4.78, 5) is 2.41. The third-order valence-electron chi connectivity index (χ3n) is 5.82. The van der Waals surface area contributed by atoms with Gasteiger partial charge in [-0.2, -0.15) is 0 Å². The van der Waals surface area contributed by atoms with Gasteiger partial charge in [-0.3, -0.25) is 9.47 Å². The molecule has 1 aliphatic heterocycles. The summed E-state index contributed by atoms with van der Waals surface area (Å²) in [6.45, 7) is 8.94. The number of aromatic hydroxyl groups is 2. The van der Waals surface area contributed by atoms with Crippen LogP contribution in [0.5, 0.6) is 11.8 Å². The molecule has 0 spiro atoms. The second-order valence-electron chi connectivity index (χ2n) is 8.10. The lowest BCUT2D eigenvalue weighted by Gasteiger charge is -2.54. The lowest BCUT2D eigenvalue weighted by molar-refractivity contribution is -0.0283. The van der Waals surface area contributed by atoms with E-state index in [4.69, 9.17) is 0 Å². The topological polar surface area (TPSA) is 48.6 Å². The van der Waals surface area contributed by atoms with Gasteiger partial charge in [0.25, 0.3) is 0 Å². The van der Waals surface area contributed by atoms with Crippen molar-refractivity contribution in [3.05, 3.63) is 23.3 Å². The van der Waals surface area contributed by atoms with Gasteiger partial charge in [-0.25, -0.2) is 0 Å². The Morgan fingerprint density at radius 3 is 1.73 bits per heavy atom. The number of aromatic nitrogens is 1. The Labute approximate surface area is 133 Å². The fraction of sp³-hybridized carbons (Fsp3) is 0.667. The number of allylic oxidation sites excluding steroid dienone is 2. The molecular weight excluding hydrogens is 276 g/mol. The zero-order valence-electron chi connectivity index (χ0n) is 14.3. The van der Waals surface area contributed by atoms with Crippen LogP contribution in [0, 0.1) is 0 Å². The zero-order valence-corrected chi connectivity index (χ0v) is 14.3. The molecular formula is C18H28N2O2. The maximum absolute atomic E-state index is 10.7. The van der Waals surface area contributed by atoms with Crippen molar-refractivity contribution in [2.24, 2.45) is 0 Å². The van der Waals surface area contributed by atoms with Crippen LogP contribution in [0.25, 0.3) is 0 Å². The first-order valence-electron chi connectivity index (χ1n) is 8.18. The molecule has 0 unspecified atom stereocenters. The maximum atomic E-state index is 10.7. The van der Waals surface area contributed by atoms with E-state index < -0.39 is 0 Å². The fourth-order valence-corrected chi connectivity index (χ4v) is 4.34. The van der Waals surface area contributed by atoms with Crippen molar-refractivity contribution < 1.29 is 10.2 Å². The van der Waals surface area contributed by atoms with Crippen LogP contribution in [-0.2, 0) is 12.8 Å². The van der Waals surface area contributed by atoms with Crippen LogP contribution in [0.1, 0.15) is 57.7 Å². The van der Waals surface area contributed by atoms with Gasteiger partial charge < -0.3 is 10.2 Å². The van der Waals surface area contributed by atoms with E-state index in [0.29, 0.717) is 12.8 Å². The summed E-state index contributed by atoms with van der Waals surface area (Å²) in [6.07, 6.45) is 7.37. The minimum atomic E-state index is 0.0221. The molecule has 0 atom stereocenters. The molecule has 3 rings (SSSR count). The smallest absolute Gasteiger partial charge is 0.198 e. The molecule has 1 aliphatic carbocycles. The molecule has 1 aromatic rings. The van der Waals surface area contributed by atoms with E-state index in [2.05, 4.69) is 51.8 Å². The molecule has 1 fully saturated rings. The summed E-state index contributed by atoms with van der Waals surface area (Å²) in [5.41, 5.74) is 1.84. The number of hydrogen-bond acceptors (Lipinski definition) is 3. The summed E-state index contributed by atoms with van der Waals surface area (Å²) >= 11 is 0. The summed E-state index contributed by atoms with van der Waals surface area (Å²) in [5, 5.41) is 21.3. The first-order valence-corrected chi connectivity index (χ1v) is 8.18. The van der Waals surface area contributed by atoms with Crippen LogP contribution in [0.2, 0.25) is 0 Å². The number of hydrogen-bond donors (Lipinski definition) is 2. The molecule has 2 aliphatic rings. The molecule has 0 aromatic carbocycles. The SMILES string of the molecule is CN1C(C)(C)CC(n2c(O)c3c(c2O)CC=CC3)CC1(C)C. The van der Waals surface area contributed by atoms with E-state index in [-0.39, 0.29) is 28.9 Å². The van der Waals surface area contributed by atoms with Crippen LogP contribution in [0.3, 0.4) is 0 Å². The van der Waals surface area contributed by atoms with Crippen molar-refractivity contribution in [1.29, 1.82) is 0 Å². The predicted molar refractivity (Wildman–Crippen MR) is 88.5 cm³/mol. The summed E-state index contributed by atoms with van der Waals surface area (Å²) in [5.74, 6) is 0.524. The largest absolute Gasteiger partial charge is 0.494 e. The van der Waals surface area contributed by atoms with Gasteiger partial charge in [0, 0.05) is 28.2 Å². The van der Waals surface area contributed by atoms with Crippen LogP contribution in [0.4, 0.5) is 0 Å². The average molecular weight is 304 g/mol. The minimum Gasteiger partial charge on any atom is -0.494 e. The molecule has 0 bridgehead atoms. The van der Waals surface area contributed by atoms with E-state index in [1.807, 2.05) is 0 Å². The van der Waals surface area contributed by atoms with Crippen molar-refractivity contribution in [2.45, 2.75) is 70.5 Å². The fourth-order valence-electron chi connectivity index (χ4n) is 4.34. The van der Waals surface area contributed by atoms with Crippen LogP contribution >= 0.6 is 0 Å². The molecule has 2 N–H and O–H groups in total. The van der Waals surface area contributed by atoms with Crippen LogP contribution in [-0.4, -0.2) is 37.8 Å². The highest BCUT2D eigenvalue weighted by molar-refractivity contribution is 5.49. The Bertz CT molecular complexity index is 576. The maximum Gasteiger partial charge on any atom is 0.198 e. The van der Waals surface area contributed by atoms with Gasteiger partial charge in [0.1, 0.15) is 0 Å². The highest BCUT2D eigenvalue weighted by Crippen LogP contribution is 2.48. The third-order valence-corrected chi connectivity index (χ3v) is 5.82. The van der Waals surface area contributed by atoms with Crippen molar-refractivity contribution in [3.63, 3.8) is 0 Å². The molecule has 0 amide bonds. The Morgan fingerprint density at radius 1 is 0.909 bits per heavy atom. The van der Waals surface area contributed by atoms with Gasteiger partial charge in [-0.05, 0) is 60.4 Å². The monoisotopic (exact) mass is 304 g/mol. The zero-order chi connectivity index (χ0) is 16.3.